The molecule has 1 amide bonds. The number of carbonyl (C=O) groups is 1. The molecule has 2 fully saturated rings. The molecule has 2 aliphatic rings. The molecule has 0 aromatic rings. The molecule has 0 unspecified atom stereocenters. The minimum Gasteiger partial charge on any atom is -0.384 e. The highest BCUT2D eigenvalue weighted by molar-refractivity contribution is 5.77. The largest absolute Gasteiger partial charge is 0.384 e. The van der Waals surface area contributed by atoms with Gasteiger partial charge >= 0.3 is 0 Å². The van der Waals surface area contributed by atoms with Crippen LogP contribution in [-0.2, 0) is 9.53 Å². The van der Waals surface area contributed by atoms with Crippen LogP contribution < -0.4 is 0 Å². The number of ether oxygens (including phenoxy) is 1. The Morgan fingerprint density at radius 3 is 2.41 bits per heavy atom. The van der Waals surface area contributed by atoms with E-state index in [0.717, 1.165) is 19.6 Å². The number of methoxy groups -OCH3 is 1. The molecule has 2 saturated heterocycles. The van der Waals surface area contributed by atoms with Crippen molar-refractivity contribution in [2.45, 2.75) is 45.2 Å². The van der Waals surface area contributed by atoms with E-state index < -0.39 is 0 Å². The molecule has 0 spiro atoms. The van der Waals surface area contributed by atoms with Crippen LogP contribution in [0.15, 0.2) is 0 Å². The molecule has 0 aromatic carbocycles. The number of likely N-dealkylation sites (tertiary alicyclic amines) is 2. The second kappa shape index (κ2) is 8.27. The third-order valence-corrected chi connectivity index (χ3v) is 4.94. The Bertz CT molecular complexity index is 348. The Kier molecular flexibility index (Phi) is 6.66. The van der Waals surface area contributed by atoms with E-state index in [1.807, 2.05) is 4.90 Å². The molecule has 0 N–H and O–H groups in total. The van der Waals surface area contributed by atoms with Crippen molar-refractivity contribution >= 4 is 5.91 Å². The van der Waals surface area contributed by atoms with Gasteiger partial charge in [-0.15, -0.1) is 0 Å². The molecule has 128 valence electrons. The highest BCUT2D eigenvalue weighted by Gasteiger charge is 2.38. The van der Waals surface area contributed by atoms with Crippen LogP contribution in [0.25, 0.3) is 0 Å². The minimum atomic E-state index is 0.242. The van der Waals surface area contributed by atoms with Crippen molar-refractivity contribution in [3.63, 3.8) is 0 Å². The summed E-state index contributed by atoms with van der Waals surface area (Å²) in [4.78, 5) is 19.1. The lowest BCUT2D eigenvalue weighted by Gasteiger charge is -2.50. The van der Waals surface area contributed by atoms with Gasteiger partial charge in [0.05, 0.1) is 13.0 Å². The van der Waals surface area contributed by atoms with Gasteiger partial charge < -0.3 is 14.5 Å². The van der Waals surface area contributed by atoms with Crippen molar-refractivity contribution in [2.75, 3.05) is 53.5 Å². The number of nitrogens with zero attached hydrogens (tertiary/aromatic N) is 3. The smallest absolute Gasteiger partial charge is 0.224 e. The van der Waals surface area contributed by atoms with Crippen LogP contribution in [0.4, 0.5) is 0 Å². The third-order valence-electron chi connectivity index (χ3n) is 4.94. The van der Waals surface area contributed by atoms with Crippen LogP contribution in [0.3, 0.4) is 0 Å². The van der Waals surface area contributed by atoms with Crippen molar-refractivity contribution in [2.24, 2.45) is 5.92 Å². The molecule has 0 aromatic heterocycles. The molecule has 2 aliphatic heterocycles. The maximum absolute atomic E-state index is 12.0. The van der Waals surface area contributed by atoms with Gasteiger partial charge in [-0.05, 0) is 38.9 Å². The average Bonchev–Trinajstić information content (AvgIpc) is 2.43. The lowest BCUT2D eigenvalue weighted by atomic mass is 9.96. The standard InChI is InChI=1S/C17H33N3O2/c1-14(2)11-20(15-5-8-18(3)9-6-15)16-12-19(13-16)17(21)7-10-22-4/h14-16H,5-13H2,1-4H3. The van der Waals surface area contributed by atoms with Gasteiger partial charge in [-0.1, -0.05) is 13.8 Å². The molecule has 0 saturated carbocycles. The predicted octanol–water partition coefficient (Wildman–Crippen LogP) is 1.29. The number of amides is 1. The molecule has 5 heteroatoms. The molecule has 2 heterocycles. The Morgan fingerprint density at radius 1 is 1.23 bits per heavy atom. The molecule has 2 rings (SSSR count). The van der Waals surface area contributed by atoms with Crippen molar-refractivity contribution in [1.29, 1.82) is 0 Å². The summed E-state index contributed by atoms with van der Waals surface area (Å²) in [5, 5.41) is 0. The summed E-state index contributed by atoms with van der Waals surface area (Å²) < 4.78 is 5.00. The zero-order chi connectivity index (χ0) is 16.1. The summed E-state index contributed by atoms with van der Waals surface area (Å²) in [5.74, 6) is 0.920. The third kappa shape index (κ3) is 4.67. The van der Waals surface area contributed by atoms with Gasteiger partial charge in [-0.2, -0.15) is 0 Å². The van der Waals surface area contributed by atoms with E-state index in [4.69, 9.17) is 4.74 Å². The van der Waals surface area contributed by atoms with E-state index in [-0.39, 0.29) is 5.91 Å². The number of rotatable bonds is 7. The predicted molar refractivity (Wildman–Crippen MR) is 88.9 cm³/mol. The summed E-state index contributed by atoms with van der Waals surface area (Å²) in [6, 6.07) is 1.25. The van der Waals surface area contributed by atoms with E-state index in [1.165, 1.54) is 25.9 Å². The van der Waals surface area contributed by atoms with Crippen molar-refractivity contribution in [3.05, 3.63) is 0 Å². The average molecular weight is 311 g/mol. The molecular weight excluding hydrogens is 278 g/mol. The fourth-order valence-corrected chi connectivity index (χ4v) is 3.56. The Morgan fingerprint density at radius 2 is 1.86 bits per heavy atom. The summed E-state index contributed by atoms with van der Waals surface area (Å²) in [5.41, 5.74) is 0. The first-order chi connectivity index (χ1) is 10.5. The van der Waals surface area contributed by atoms with Crippen LogP contribution in [0.5, 0.6) is 0 Å². The normalized spacial score (nSPS) is 21.6. The Balaban J connectivity index is 1.84. The molecule has 0 bridgehead atoms. The quantitative estimate of drug-likeness (QED) is 0.710. The van der Waals surface area contributed by atoms with Gasteiger partial charge in [0.15, 0.2) is 0 Å². The van der Waals surface area contributed by atoms with Gasteiger partial charge in [0, 0.05) is 38.8 Å². The second-order valence-electron chi connectivity index (χ2n) is 7.32. The first-order valence-corrected chi connectivity index (χ1v) is 8.72. The molecule has 0 radical (unpaired) electrons. The highest BCUT2D eigenvalue weighted by Crippen LogP contribution is 2.25. The highest BCUT2D eigenvalue weighted by atomic mass is 16.5. The van der Waals surface area contributed by atoms with Gasteiger partial charge in [-0.3, -0.25) is 9.69 Å². The maximum Gasteiger partial charge on any atom is 0.224 e. The molecule has 22 heavy (non-hydrogen) atoms. The van der Waals surface area contributed by atoms with Gasteiger partial charge in [0.1, 0.15) is 0 Å². The van der Waals surface area contributed by atoms with Gasteiger partial charge in [0.25, 0.3) is 0 Å². The lowest BCUT2D eigenvalue weighted by Crippen LogP contribution is -2.64. The van der Waals surface area contributed by atoms with Crippen molar-refractivity contribution in [3.8, 4) is 0 Å². The Hall–Kier alpha value is -0.650. The topological polar surface area (TPSA) is 36.0 Å². The first kappa shape index (κ1) is 17.7. The Labute approximate surface area is 135 Å². The van der Waals surface area contributed by atoms with E-state index in [2.05, 4.69) is 30.7 Å². The zero-order valence-corrected chi connectivity index (χ0v) is 14.8. The summed E-state index contributed by atoms with van der Waals surface area (Å²) in [6.45, 7) is 10.5. The van der Waals surface area contributed by atoms with E-state index >= 15 is 0 Å². The van der Waals surface area contributed by atoms with E-state index in [1.54, 1.807) is 7.11 Å². The van der Waals surface area contributed by atoms with E-state index in [0.29, 0.717) is 31.0 Å². The number of piperidine rings is 1. The monoisotopic (exact) mass is 311 g/mol. The van der Waals surface area contributed by atoms with Gasteiger partial charge in [0.2, 0.25) is 5.91 Å². The van der Waals surface area contributed by atoms with Crippen LogP contribution in [-0.4, -0.2) is 86.2 Å². The fourth-order valence-electron chi connectivity index (χ4n) is 3.56. The number of hydrogen-bond acceptors (Lipinski definition) is 4. The van der Waals surface area contributed by atoms with Crippen LogP contribution in [0.1, 0.15) is 33.1 Å². The summed E-state index contributed by atoms with van der Waals surface area (Å²) in [6.07, 6.45) is 3.04. The fraction of sp³-hybridized carbons (Fsp3) is 0.941. The lowest BCUT2D eigenvalue weighted by molar-refractivity contribution is -0.141. The molecule has 0 atom stereocenters. The van der Waals surface area contributed by atoms with Crippen molar-refractivity contribution < 1.29 is 9.53 Å². The number of carbonyl (C=O) groups excluding carboxylic acids is 1. The molecule has 5 nitrogen and oxygen atoms in total. The molecule has 0 aliphatic carbocycles. The molecular formula is C17H33N3O2. The minimum absolute atomic E-state index is 0.242. The zero-order valence-electron chi connectivity index (χ0n) is 14.8. The van der Waals surface area contributed by atoms with Gasteiger partial charge in [-0.25, -0.2) is 0 Å². The maximum atomic E-state index is 12.0. The number of hydrogen-bond donors (Lipinski definition) is 0. The van der Waals surface area contributed by atoms with Crippen LogP contribution >= 0.6 is 0 Å². The summed E-state index contributed by atoms with van der Waals surface area (Å²) in [7, 11) is 3.86. The van der Waals surface area contributed by atoms with Crippen molar-refractivity contribution in [1.82, 2.24) is 14.7 Å². The van der Waals surface area contributed by atoms with Crippen LogP contribution in [0.2, 0.25) is 0 Å². The van der Waals surface area contributed by atoms with E-state index in [9.17, 15) is 4.79 Å². The SMILES string of the molecule is COCCC(=O)N1CC(N(CC(C)C)C2CCN(C)CC2)C1. The summed E-state index contributed by atoms with van der Waals surface area (Å²) >= 11 is 0. The first-order valence-electron chi connectivity index (χ1n) is 8.72. The second-order valence-corrected chi connectivity index (χ2v) is 7.32. The van der Waals surface area contributed by atoms with Crippen LogP contribution in [0, 0.1) is 5.92 Å².